The van der Waals surface area contributed by atoms with E-state index in [9.17, 15) is 0 Å². The van der Waals surface area contributed by atoms with Crippen LogP contribution < -0.4 is 0 Å². The summed E-state index contributed by atoms with van der Waals surface area (Å²) in [7, 11) is 0. The van der Waals surface area contributed by atoms with E-state index >= 15 is 0 Å². The lowest BCUT2D eigenvalue weighted by Gasteiger charge is -1.91. The van der Waals surface area contributed by atoms with Crippen LogP contribution in [0.25, 0.3) is 0 Å². The Kier molecular flexibility index (Phi) is 6.68. The summed E-state index contributed by atoms with van der Waals surface area (Å²) in [5.41, 5.74) is 1.83. The summed E-state index contributed by atoms with van der Waals surface area (Å²) in [6.07, 6.45) is 4.70. The maximum atomic E-state index is 5.57. The molecule has 4 heteroatoms. The van der Waals surface area contributed by atoms with E-state index in [2.05, 4.69) is 6.58 Å². The van der Waals surface area contributed by atoms with Gasteiger partial charge in [0.2, 0.25) is 0 Å². The molecule has 0 bridgehead atoms. The monoisotopic (exact) mass is 242 g/mol. The third-order valence-corrected chi connectivity index (χ3v) is 1.98. The van der Waals surface area contributed by atoms with Crippen LogP contribution in [0.1, 0.15) is 0 Å². The van der Waals surface area contributed by atoms with Gasteiger partial charge in [-0.05, 0) is 6.08 Å². The van der Waals surface area contributed by atoms with Gasteiger partial charge in [0.1, 0.15) is 4.49 Å². The van der Waals surface area contributed by atoms with Gasteiger partial charge in [-0.3, -0.25) is 0 Å². The molecule has 0 spiro atoms. The molecule has 0 aliphatic rings. The van der Waals surface area contributed by atoms with Crippen molar-refractivity contribution in [3.05, 3.63) is 45.4 Å². The zero-order valence-corrected chi connectivity index (χ0v) is 9.05. The van der Waals surface area contributed by atoms with Gasteiger partial charge in [0, 0.05) is 11.1 Å². The Morgan fingerprint density at radius 2 is 1.67 bits per heavy atom. The Bertz CT molecular complexity index is 244. The first-order valence-corrected chi connectivity index (χ1v) is 4.50. The van der Waals surface area contributed by atoms with Crippen LogP contribution in [0.5, 0.6) is 0 Å². The average Bonchev–Trinajstić information content (AvgIpc) is 2.04. The van der Waals surface area contributed by atoms with E-state index in [0.29, 0.717) is 10.6 Å². The molecule has 12 heavy (non-hydrogen) atoms. The first-order chi connectivity index (χ1) is 5.61. The summed E-state index contributed by atoms with van der Waals surface area (Å²) >= 11 is 21.9. The van der Waals surface area contributed by atoms with Crippen LogP contribution in [0.2, 0.25) is 0 Å². The number of hydrogen-bond donors (Lipinski definition) is 0. The second-order valence-corrected chi connectivity index (χ2v) is 3.35. The average molecular weight is 244 g/mol. The smallest absolute Gasteiger partial charge is 0.0984 e. The zero-order chi connectivity index (χ0) is 9.56. The predicted molar refractivity (Wildman–Crippen MR) is 57.9 cm³/mol. The van der Waals surface area contributed by atoms with Crippen molar-refractivity contribution < 1.29 is 0 Å². The summed E-state index contributed by atoms with van der Waals surface area (Å²) in [6.45, 7) is 3.51. The molecule has 0 amide bonds. The van der Waals surface area contributed by atoms with Crippen LogP contribution >= 0.6 is 46.4 Å². The molecule has 0 aliphatic heterocycles. The summed E-state index contributed by atoms with van der Waals surface area (Å²) in [5, 5.41) is 0.394. The van der Waals surface area contributed by atoms with Crippen molar-refractivity contribution in [1.82, 2.24) is 0 Å². The molecule has 0 rings (SSSR count). The highest BCUT2D eigenvalue weighted by Gasteiger charge is 1.92. The van der Waals surface area contributed by atoms with E-state index in [1.807, 2.05) is 0 Å². The summed E-state index contributed by atoms with van der Waals surface area (Å²) in [6, 6.07) is 0. The van der Waals surface area contributed by atoms with Gasteiger partial charge in [0.15, 0.2) is 0 Å². The third kappa shape index (κ3) is 4.89. The summed E-state index contributed by atoms with van der Waals surface area (Å²) < 4.78 is 0.139. The van der Waals surface area contributed by atoms with Crippen molar-refractivity contribution in [1.29, 1.82) is 0 Å². The first kappa shape index (κ1) is 12.1. The summed E-state index contributed by atoms with van der Waals surface area (Å²) in [4.78, 5) is 0. The van der Waals surface area contributed by atoms with Crippen LogP contribution in [0, 0.1) is 0 Å². The highest BCUT2D eigenvalue weighted by Crippen LogP contribution is 2.17. The standard InChI is InChI=1S/C8H6Cl4/c1-2-6(8(11)12)3-4-7(10)5-9/h2-5H,1H2. The second kappa shape index (κ2) is 6.62. The molecule has 0 heterocycles. The fourth-order valence-electron chi connectivity index (χ4n) is 0.414. The molecule has 0 radical (unpaired) electrons. The largest absolute Gasteiger partial charge is 0.114 e. The van der Waals surface area contributed by atoms with E-state index in [1.54, 1.807) is 12.2 Å². The molecule has 0 saturated heterocycles. The number of hydrogen-bond acceptors (Lipinski definition) is 0. The lowest BCUT2D eigenvalue weighted by molar-refractivity contribution is 1.71. The van der Waals surface area contributed by atoms with Gasteiger partial charge in [0.05, 0.1) is 5.03 Å². The molecule has 0 fully saturated rings. The Balaban J connectivity index is 4.53. The third-order valence-electron chi connectivity index (χ3n) is 0.964. The van der Waals surface area contributed by atoms with Crippen molar-refractivity contribution in [2.24, 2.45) is 0 Å². The maximum absolute atomic E-state index is 5.57. The van der Waals surface area contributed by atoms with E-state index in [-0.39, 0.29) is 4.49 Å². The van der Waals surface area contributed by atoms with Gasteiger partial charge in [-0.15, -0.1) is 0 Å². The van der Waals surface area contributed by atoms with Gasteiger partial charge in [0.25, 0.3) is 0 Å². The van der Waals surface area contributed by atoms with E-state index < -0.39 is 0 Å². The van der Waals surface area contributed by atoms with Crippen LogP contribution in [-0.2, 0) is 0 Å². The highest BCUT2D eigenvalue weighted by molar-refractivity contribution is 6.56. The van der Waals surface area contributed by atoms with Gasteiger partial charge in [-0.2, -0.15) is 0 Å². The molecule has 66 valence electrons. The Morgan fingerprint density at radius 1 is 1.08 bits per heavy atom. The van der Waals surface area contributed by atoms with E-state index in [0.717, 1.165) is 0 Å². The minimum absolute atomic E-state index is 0.139. The Hall–Kier alpha value is 0.120. The molecular weight excluding hydrogens is 238 g/mol. The molecule has 0 atom stereocenters. The molecule has 0 aromatic heterocycles. The molecule has 0 unspecified atom stereocenters. The minimum Gasteiger partial charge on any atom is -0.0984 e. The molecular formula is C8H6Cl4. The Morgan fingerprint density at radius 3 is 2.00 bits per heavy atom. The van der Waals surface area contributed by atoms with Gasteiger partial charge >= 0.3 is 0 Å². The lowest BCUT2D eigenvalue weighted by atomic mass is 10.3. The molecule has 0 nitrogen and oxygen atoms in total. The van der Waals surface area contributed by atoms with E-state index in [4.69, 9.17) is 46.4 Å². The quantitative estimate of drug-likeness (QED) is 0.629. The zero-order valence-electron chi connectivity index (χ0n) is 6.03. The summed E-state index contributed by atoms with van der Waals surface area (Å²) in [5.74, 6) is 0. The topological polar surface area (TPSA) is 0 Å². The Labute approximate surface area is 91.7 Å². The second-order valence-electron chi connectivity index (χ2n) is 1.75. The van der Waals surface area contributed by atoms with Crippen LogP contribution in [0.4, 0.5) is 0 Å². The van der Waals surface area contributed by atoms with Gasteiger partial charge in [-0.25, -0.2) is 0 Å². The van der Waals surface area contributed by atoms with Crippen molar-refractivity contribution in [2.45, 2.75) is 0 Å². The molecule has 0 aromatic rings. The normalized spacial score (nSPS) is 11.8. The van der Waals surface area contributed by atoms with Crippen molar-refractivity contribution in [3.63, 3.8) is 0 Å². The van der Waals surface area contributed by atoms with Crippen molar-refractivity contribution in [2.75, 3.05) is 0 Å². The maximum Gasteiger partial charge on any atom is 0.114 e. The SMILES string of the molecule is C=CC(C=CC(Cl)=CCl)=C(Cl)Cl. The highest BCUT2D eigenvalue weighted by atomic mass is 35.5. The predicted octanol–water partition coefficient (Wildman–Crippen LogP) is 4.74. The fourth-order valence-corrected chi connectivity index (χ4v) is 0.830. The molecule has 0 aliphatic carbocycles. The van der Waals surface area contributed by atoms with Crippen molar-refractivity contribution in [3.8, 4) is 0 Å². The van der Waals surface area contributed by atoms with Crippen LogP contribution in [-0.4, -0.2) is 0 Å². The van der Waals surface area contributed by atoms with E-state index in [1.165, 1.54) is 11.6 Å². The fraction of sp³-hybridized carbons (Fsp3) is 0. The van der Waals surface area contributed by atoms with Crippen molar-refractivity contribution >= 4 is 46.4 Å². The lowest BCUT2D eigenvalue weighted by Crippen LogP contribution is -1.71. The van der Waals surface area contributed by atoms with Gasteiger partial charge in [-0.1, -0.05) is 65.1 Å². The minimum atomic E-state index is 0.139. The van der Waals surface area contributed by atoms with Crippen LogP contribution in [0.15, 0.2) is 45.4 Å². The van der Waals surface area contributed by atoms with Crippen LogP contribution in [0.3, 0.4) is 0 Å². The molecule has 0 saturated carbocycles. The number of allylic oxidation sites excluding steroid dienone is 5. The first-order valence-electron chi connectivity index (χ1n) is 2.93. The number of halogens is 4. The molecule has 0 aromatic carbocycles. The number of rotatable bonds is 3. The molecule has 0 N–H and O–H groups in total. The van der Waals surface area contributed by atoms with Gasteiger partial charge < -0.3 is 0 Å².